The fourth-order valence-electron chi connectivity index (χ4n) is 1.58. The van der Waals surface area contributed by atoms with Crippen molar-refractivity contribution in [1.82, 2.24) is 19.9 Å². The molecule has 0 fully saturated rings. The molecule has 0 atom stereocenters. The van der Waals surface area contributed by atoms with Crippen LogP contribution < -0.4 is 0 Å². The number of nitrogens with zero attached hydrogens (tertiary/aromatic N) is 3. The van der Waals surface area contributed by atoms with Gasteiger partial charge in [0.25, 0.3) is 0 Å². The molecule has 0 saturated heterocycles. The van der Waals surface area contributed by atoms with Crippen LogP contribution >= 0.6 is 11.6 Å². The van der Waals surface area contributed by atoms with Crippen molar-refractivity contribution < 1.29 is 5.11 Å². The van der Waals surface area contributed by atoms with Gasteiger partial charge in [0, 0.05) is 10.6 Å². The highest BCUT2D eigenvalue weighted by molar-refractivity contribution is 6.30. The minimum absolute atomic E-state index is 0.147. The highest BCUT2D eigenvalue weighted by Gasteiger charge is 2.10. The molecule has 2 N–H and O–H groups in total. The molecule has 17 heavy (non-hydrogen) atoms. The molecule has 6 heteroatoms. The Morgan fingerprint density at radius 3 is 2.94 bits per heavy atom. The molecule has 1 aromatic carbocycles. The highest BCUT2D eigenvalue weighted by Crippen LogP contribution is 2.24. The summed E-state index contributed by atoms with van der Waals surface area (Å²) < 4.78 is 0. The molecule has 5 nitrogen and oxygen atoms in total. The summed E-state index contributed by atoms with van der Waals surface area (Å²) in [5.41, 5.74) is 1.59. The van der Waals surface area contributed by atoms with E-state index in [1.165, 1.54) is 6.33 Å². The summed E-state index contributed by atoms with van der Waals surface area (Å²) in [5.74, 6) is 0.257. The average Bonchev–Trinajstić information content (AvgIpc) is 2.77. The number of aromatic hydroxyl groups is 1. The van der Waals surface area contributed by atoms with Gasteiger partial charge in [0.15, 0.2) is 17.0 Å². The summed E-state index contributed by atoms with van der Waals surface area (Å²) in [6.07, 6.45) is 1.46. The molecule has 3 aromatic rings. The van der Waals surface area contributed by atoms with Gasteiger partial charge in [-0.1, -0.05) is 23.7 Å². The third kappa shape index (κ3) is 1.70. The van der Waals surface area contributed by atoms with Gasteiger partial charge in [-0.2, -0.15) is 4.98 Å². The summed E-state index contributed by atoms with van der Waals surface area (Å²) in [5, 5.41) is 10.3. The number of hydrogen-bond donors (Lipinski definition) is 2. The zero-order chi connectivity index (χ0) is 11.8. The number of aromatic nitrogens is 4. The first-order valence-electron chi connectivity index (χ1n) is 4.90. The molecule has 0 spiro atoms. The Morgan fingerprint density at radius 1 is 1.24 bits per heavy atom. The van der Waals surface area contributed by atoms with Crippen molar-refractivity contribution >= 4 is 22.8 Å². The predicted molar refractivity (Wildman–Crippen MR) is 63.8 cm³/mol. The second kappa shape index (κ2) is 3.71. The standard InChI is InChI=1S/C11H7ClN4O/c12-7-3-1-2-6(4-7)9-15-10-8(11(17)16-9)13-5-14-10/h1-5H,(H2,13,14,15,16,17). The molecule has 0 radical (unpaired) electrons. The van der Waals surface area contributed by atoms with Crippen LogP contribution in [-0.4, -0.2) is 25.0 Å². The van der Waals surface area contributed by atoms with Crippen molar-refractivity contribution in [3.05, 3.63) is 35.6 Å². The van der Waals surface area contributed by atoms with E-state index in [0.717, 1.165) is 5.56 Å². The zero-order valence-electron chi connectivity index (χ0n) is 8.55. The lowest BCUT2D eigenvalue weighted by molar-refractivity contribution is 0.459. The van der Waals surface area contributed by atoms with Crippen LogP contribution in [0.25, 0.3) is 22.6 Å². The van der Waals surface area contributed by atoms with Crippen molar-refractivity contribution in [3.63, 3.8) is 0 Å². The van der Waals surface area contributed by atoms with Crippen LogP contribution in [0.15, 0.2) is 30.6 Å². The Hall–Kier alpha value is -2.14. The molecular formula is C11H7ClN4O. The van der Waals surface area contributed by atoms with Crippen LogP contribution in [0.3, 0.4) is 0 Å². The fourth-order valence-corrected chi connectivity index (χ4v) is 1.77. The van der Waals surface area contributed by atoms with E-state index in [4.69, 9.17) is 11.6 Å². The molecular weight excluding hydrogens is 240 g/mol. The van der Waals surface area contributed by atoms with E-state index >= 15 is 0 Å². The molecule has 0 amide bonds. The molecule has 0 aliphatic heterocycles. The first-order chi connectivity index (χ1) is 8.24. The molecule has 84 valence electrons. The molecule has 2 heterocycles. The van der Waals surface area contributed by atoms with Crippen molar-refractivity contribution in [1.29, 1.82) is 0 Å². The topological polar surface area (TPSA) is 74.7 Å². The van der Waals surface area contributed by atoms with E-state index in [0.29, 0.717) is 22.0 Å². The van der Waals surface area contributed by atoms with E-state index in [1.807, 2.05) is 6.07 Å². The number of hydrogen-bond acceptors (Lipinski definition) is 4. The monoisotopic (exact) mass is 246 g/mol. The van der Waals surface area contributed by atoms with Crippen molar-refractivity contribution in [2.75, 3.05) is 0 Å². The van der Waals surface area contributed by atoms with Gasteiger partial charge in [0.1, 0.15) is 0 Å². The molecule has 3 rings (SSSR count). The van der Waals surface area contributed by atoms with Gasteiger partial charge in [0.05, 0.1) is 6.33 Å². The molecule has 0 unspecified atom stereocenters. The smallest absolute Gasteiger partial charge is 0.243 e. The SMILES string of the molecule is Oc1nc(-c2cccc(Cl)c2)nc2[nH]cnc12. The van der Waals surface area contributed by atoms with Gasteiger partial charge in [0.2, 0.25) is 5.88 Å². The number of rotatable bonds is 1. The van der Waals surface area contributed by atoms with Crippen LogP contribution in [-0.2, 0) is 0 Å². The Balaban J connectivity index is 2.23. The molecule has 0 aliphatic carbocycles. The maximum absolute atomic E-state index is 9.70. The van der Waals surface area contributed by atoms with Crippen LogP contribution in [0.2, 0.25) is 5.02 Å². The minimum atomic E-state index is -0.147. The normalized spacial score (nSPS) is 10.9. The summed E-state index contributed by atoms with van der Waals surface area (Å²) >= 11 is 5.89. The van der Waals surface area contributed by atoms with Gasteiger partial charge >= 0.3 is 0 Å². The quantitative estimate of drug-likeness (QED) is 0.691. The van der Waals surface area contributed by atoms with Crippen molar-refractivity contribution in [2.45, 2.75) is 0 Å². The number of benzene rings is 1. The number of nitrogens with one attached hydrogen (secondary N) is 1. The Labute approximate surface area is 101 Å². The van der Waals surface area contributed by atoms with Crippen molar-refractivity contribution in [2.24, 2.45) is 0 Å². The number of H-pyrrole nitrogens is 1. The number of imidazole rings is 1. The highest BCUT2D eigenvalue weighted by atomic mass is 35.5. The molecule has 2 aromatic heterocycles. The van der Waals surface area contributed by atoms with Crippen LogP contribution in [0, 0.1) is 0 Å². The van der Waals surface area contributed by atoms with Gasteiger partial charge in [-0.3, -0.25) is 0 Å². The number of aromatic amines is 1. The maximum Gasteiger partial charge on any atom is 0.243 e. The van der Waals surface area contributed by atoms with Gasteiger partial charge in [-0.15, -0.1) is 0 Å². The largest absolute Gasteiger partial charge is 0.492 e. The van der Waals surface area contributed by atoms with E-state index in [9.17, 15) is 5.11 Å². The Kier molecular flexibility index (Phi) is 2.19. The maximum atomic E-state index is 9.70. The number of fused-ring (bicyclic) bond motifs is 1. The second-order valence-electron chi connectivity index (χ2n) is 3.48. The Bertz CT molecular complexity index is 695. The second-order valence-corrected chi connectivity index (χ2v) is 3.92. The lowest BCUT2D eigenvalue weighted by Crippen LogP contribution is -1.90. The van der Waals surface area contributed by atoms with E-state index in [2.05, 4.69) is 19.9 Å². The molecule has 0 bridgehead atoms. The lowest BCUT2D eigenvalue weighted by atomic mass is 10.2. The average molecular weight is 247 g/mol. The van der Waals surface area contributed by atoms with E-state index in [-0.39, 0.29) is 5.88 Å². The summed E-state index contributed by atoms with van der Waals surface area (Å²) in [6, 6.07) is 7.12. The van der Waals surface area contributed by atoms with Crippen molar-refractivity contribution in [3.8, 4) is 17.3 Å². The summed E-state index contributed by atoms with van der Waals surface area (Å²) in [4.78, 5) is 15.0. The fraction of sp³-hybridized carbons (Fsp3) is 0. The zero-order valence-corrected chi connectivity index (χ0v) is 9.31. The first-order valence-corrected chi connectivity index (χ1v) is 5.28. The van der Waals surface area contributed by atoms with E-state index < -0.39 is 0 Å². The van der Waals surface area contributed by atoms with Gasteiger partial charge in [-0.05, 0) is 12.1 Å². The Morgan fingerprint density at radius 2 is 2.12 bits per heavy atom. The van der Waals surface area contributed by atoms with Gasteiger partial charge < -0.3 is 10.1 Å². The molecule has 0 aliphatic rings. The third-order valence-electron chi connectivity index (χ3n) is 2.34. The lowest BCUT2D eigenvalue weighted by Gasteiger charge is -2.01. The van der Waals surface area contributed by atoms with Crippen LogP contribution in [0.5, 0.6) is 5.88 Å². The van der Waals surface area contributed by atoms with E-state index in [1.54, 1.807) is 18.2 Å². The number of halogens is 1. The minimum Gasteiger partial charge on any atom is -0.492 e. The van der Waals surface area contributed by atoms with Gasteiger partial charge in [-0.25, -0.2) is 9.97 Å². The summed E-state index contributed by atoms with van der Waals surface area (Å²) in [7, 11) is 0. The molecule has 0 saturated carbocycles. The first kappa shape index (κ1) is 10.0. The summed E-state index contributed by atoms with van der Waals surface area (Å²) in [6.45, 7) is 0. The third-order valence-corrected chi connectivity index (χ3v) is 2.58. The van der Waals surface area contributed by atoms with Crippen LogP contribution in [0.4, 0.5) is 0 Å². The predicted octanol–water partition coefficient (Wildman–Crippen LogP) is 2.38. The van der Waals surface area contributed by atoms with Crippen LogP contribution in [0.1, 0.15) is 0 Å².